The highest BCUT2D eigenvalue weighted by Gasteiger charge is 2.45. The maximum atomic E-state index is 13.0. The molecule has 7 heteroatoms. The summed E-state index contributed by atoms with van der Waals surface area (Å²) in [4.78, 5) is 13.0. The number of carbonyl (C=O) groups is 1. The lowest BCUT2D eigenvalue weighted by Gasteiger charge is -2.40. The van der Waals surface area contributed by atoms with Crippen LogP contribution in [0, 0.1) is 0 Å². The number of aliphatic hydroxyl groups is 1. The van der Waals surface area contributed by atoms with Crippen LogP contribution in [0.3, 0.4) is 0 Å². The van der Waals surface area contributed by atoms with Crippen LogP contribution in [0.25, 0.3) is 0 Å². The van der Waals surface area contributed by atoms with Crippen molar-refractivity contribution in [2.45, 2.75) is 57.3 Å². The summed E-state index contributed by atoms with van der Waals surface area (Å²) in [6.07, 6.45) is -3.56. The topological polar surface area (TPSA) is 83.5 Å². The van der Waals surface area contributed by atoms with Crippen molar-refractivity contribution in [1.29, 1.82) is 0 Å². The second-order valence-electron chi connectivity index (χ2n) is 8.03. The Morgan fingerprint density at radius 2 is 1.79 bits per heavy atom. The van der Waals surface area contributed by atoms with Gasteiger partial charge >= 0.3 is 5.97 Å². The van der Waals surface area contributed by atoms with Crippen LogP contribution in [0.2, 0.25) is 0 Å². The van der Waals surface area contributed by atoms with Crippen molar-refractivity contribution < 1.29 is 33.6 Å². The van der Waals surface area contributed by atoms with E-state index in [1.54, 1.807) is 13.8 Å². The highest BCUT2D eigenvalue weighted by molar-refractivity contribution is 5.75. The Morgan fingerprint density at radius 3 is 2.42 bits per heavy atom. The molecule has 1 aliphatic heterocycles. The second-order valence-corrected chi connectivity index (χ2v) is 8.03. The molecule has 0 aliphatic carbocycles. The maximum Gasteiger partial charge on any atom is 0.338 e. The van der Waals surface area contributed by atoms with Crippen LogP contribution < -0.4 is 0 Å². The summed E-state index contributed by atoms with van der Waals surface area (Å²) in [5.74, 6) is -0.594. The fraction of sp³-hybridized carbons (Fsp3) is 0.423. The Morgan fingerprint density at radius 1 is 1.12 bits per heavy atom. The summed E-state index contributed by atoms with van der Waals surface area (Å²) in [5, 5.41) is 10.8. The highest BCUT2D eigenvalue weighted by atomic mass is 16.7. The highest BCUT2D eigenvalue weighted by Crippen LogP contribution is 2.31. The van der Waals surface area contributed by atoms with Gasteiger partial charge in [0.05, 0.1) is 25.9 Å². The van der Waals surface area contributed by atoms with Gasteiger partial charge in [-0.1, -0.05) is 66.7 Å². The van der Waals surface area contributed by atoms with E-state index in [9.17, 15) is 9.90 Å². The van der Waals surface area contributed by atoms with E-state index < -0.39 is 36.7 Å². The van der Waals surface area contributed by atoms with Gasteiger partial charge in [-0.25, -0.2) is 4.79 Å². The lowest BCUT2D eigenvalue weighted by atomic mass is 10.0. The zero-order valence-corrected chi connectivity index (χ0v) is 19.0. The fourth-order valence-corrected chi connectivity index (χ4v) is 3.52. The molecule has 1 saturated heterocycles. The SMILES string of the molecule is C=CCO[C@H](C(=O)OC(C)C)[C@@H](OCc1ccccc1)[C@@H]1O[C@H](c2ccccc2)OC[C@H]1O. The predicted molar refractivity (Wildman–Crippen MR) is 122 cm³/mol. The largest absolute Gasteiger partial charge is 0.461 e. The van der Waals surface area contributed by atoms with Gasteiger partial charge < -0.3 is 28.8 Å². The van der Waals surface area contributed by atoms with Crippen LogP contribution in [-0.4, -0.2) is 54.8 Å². The molecule has 0 bridgehead atoms. The Balaban J connectivity index is 1.88. The standard InChI is InChI=1S/C26H32O7/c1-4-15-29-24(25(28)32-18(2)3)23(30-16-19-11-7-5-8-12-19)22-21(27)17-31-26(33-22)20-13-9-6-10-14-20/h4-14,18,21-24,26-27H,1,15-17H2,2-3H3/t21-,22-,23+,24+,26-/m1/s1. The third-order valence-corrected chi connectivity index (χ3v) is 5.04. The van der Waals surface area contributed by atoms with E-state index in [2.05, 4.69) is 6.58 Å². The first kappa shape index (κ1) is 25.1. The maximum absolute atomic E-state index is 13.0. The zero-order chi connectivity index (χ0) is 23.6. The van der Waals surface area contributed by atoms with E-state index in [4.69, 9.17) is 23.7 Å². The number of hydrogen-bond acceptors (Lipinski definition) is 7. The van der Waals surface area contributed by atoms with E-state index in [-0.39, 0.29) is 25.9 Å². The van der Waals surface area contributed by atoms with Gasteiger partial charge in [-0.15, -0.1) is 6.58 Å². The number of rotatable bonds is 11. The normalized spacial score (nSPS) is 22.5. The molecule has 3 rings (SSSR count). The van der Waals surface area contributed by atoms with Crippen LogP contribution in [0.1, 0.15) is 31.3 Å². The molecule has 1 N–H and O–H groups in total. The molecule has 0 unspecified atom stereocenters. The minimum atomic E-state index is -1.14. The number of esters is 1. The van der Waals surface area contributed by atoms with Gasteiger partial charge in [-0.3, -0.25) is 0 Å². The molecule has 1 aliphatic rings. The molecule has 2 aromatic rings. The molecule has 33 heavy (non-hydrogen) atoms. The van der Waals surface area contributed by atoms with Crippen LogP contribution in [0.4, 0.5) is 0 Å². The number of carbonyl (C=O) groups excluding carboxylic acids is 1. The van der Waals surface area contributed by atoms with E-state index >= 15 is 0 Å². The molecule has 7 nitrogen and oxygen atoms in total. The van der Waals surface area contributed by atoms with Crippen molar-refractivity contribution in [3.63, 3.8) is 0 Å². The van der Waals surface area contributed by atoms with Crippen molar-refractivity contribution >= 4 is 5.97 Å². The first-order valence-electron chi connectivity index (χ1n) is 11.1. The molecule has 0 radical (unpaired) electrons. The van der Waals surface area contributed by atoms with Crippen LogP contribution in [-0.2, 0) is 35.1 Å². The molecule has 1 heterocycles. The molecule has 0 saturated carbocycles. The molecule has 178 valence electrons. The van der Waals surface area contributed by atoms with E-state index in [0.717, 1.165) is 11.1 Å². The van der Waals surface area contributed by atoms with Crippen molar-refractivity contribution in [1.82, 2.24) is 0 Å². The third-order valence-electron chi connectivity index (χ3n) is 5.04. The minimum Gasteiger partial charge on any atom is -0.461 e. The summed E-state index contributed by atoms with van der Waals surface area (Å²) in [5.41, 5.74) is 1.70. The van der Waals surface area contributed by atoms with Gasteiger partial charge in [0.25, 0.3) is 0 Å². The van der Waals surface area contributed by atoms with Crippen molar-refractivity contribution in [3.8, 4) is 0 Å². The Hall–Kier alpha value is -2.55. The van der Waals surface area contributed by atoms with Gasteiger partial charge in [0, 0.05) is 5.56 Å². The summed E-state index contributed by atoms with van der Waals surface area (Å²) in [7, 11) is 0. The molecule has 5 atom stereocenters. The molecule has 0 aromatic heterocycles. The Kier molecular flexibility index (Phi) is 9.60. The van der Waals surface area contributed by atoms with Crippen LogP contribution in [0.15, 0.2) is 73.3 Å². The third kappa shape index (κ3) is 7.22. The minimum absolute atomic E-state index is 0.0167. The van der Waals surface area contributed by atoms with Gasteiger partial charge in [0.2, 0.25) is 0 Å². The first-order valence-corrected chi connectivity index (χ1v) is 11.1. The van der Waals surface area contributed by atoms with E-state index in [1.165, 1.54) is 6.08 Å². The van der Waals surface area contributed by atoms with Crippen LogP contribution >= 0.6 is 0 Å². The summed E-state index contributed by atoms with van der Waals surface area (Å²) in [6.45, 7) is 7.49. The first-order chi connectivity index (χ1) is 16.0. The molecular formula is C26H32O7. The molecule has 0 spiro atoms. The number of hydrogen-bond donors (Lipinski definition) is 1. The summed E-state index contributed by atoms with van der Waals surface area (Å²) < 4.78 is 29.3. The van der Waals surface area contributed by atoms with Crippen LogP contribution in [0.5, 0.6) is 0 Å². The lowest BCUT2D eigenvalue weighted by Crippen LogP contribution is -2.55. The van der Waals surface area contributed by atoms with Gasteiger partial charge in [0.1, 0.15) is 18.3 Å². The number of aliphatic hydroxyl groups excluding tert-OH is 1. The zero-order valence-electron chi connectivity index (χ0n) is 19.0. The number of benzene rings is 2. The summed E-state index contributed by atoms with van der Waals surface area (Å²) >= 11 is 0. The molecule has 1 fully saturated rings. The molecule has 2 aromatic carbocycles. The molecular weight excluding hydrogens is 424 g/mol. The number of ether oxygens (including phenoxy) is 5. The second kappa shape index (κ2) is 12.6. The monoisotopic (exact) mass is 456 g/mol. The average Bonchev–Trinajstić information content (AvgIpc) is 2.82. The molecule has 0 amide bonds. The van der Waals surface area contributed by atoms with Crippen molar-refractivity contribution in [2.24, 2.45) is 0 Å². The Bertz CT molecular complexity index is 855. The van der Waals surface area contributed by atoms with Crippen molar-refractivity contribution in [3.05, 3.63) is 84.4 Å². The average molecular weight is 457 g/mol. The van der Waals surface area contributed by atoms with E-state index in [0.29, 0.717) is 0 Å². The Labute approximate surface area is 194 Å². The smallest absolute Gasteiger partial charge is 0.338 e. The van der Waals surface area contributed by atoms with Gasteiger partial charge in [-0.05, 0) is 19.4 Å². The van der Waals surface area contributed by atoms with E-state index in [1.807, 2.05) is 60.7 Å². The lowest BCUT2D eigenvalue weighted by molar-refractivity contribution is -0.291. The fourth-order valence-electron chi connectivity index (χ4n) is 3.52. The van der Waals surface area contributed by atoms with Crippen molar-refractivity contribution in [2.75, 3.05) is 13.2 Å². The van der Waals surface area contributed by atoms with Gasteiger partial charge in [0.15, 0.2) is 12.4 Å². The summed E-state index contributed by atoms with van der Waals surface area (Å²) in [6, 6.07) is 18.9. The quantitative estimate of drug-likeness (QED) is 0.409. The predicted octanol–water partition coefficient (Wildman–Crippen LogP) is 3.57. The van der Waals surface area contributed by atoms with Gasteiger partial charge in [-0.2, -0.15) is 0 Å².